The molecule has 0 aliphatic rings. The average Bonchev–Trinajstić information content (AvgIpc) is 2.45. The highest BCUT2D eigenvalue weighted by atomic mass is 16.2. The van der Waals surface area contributed by atoms with Gasteiger partial charge >= 0.3 is 0 Å². The van der Waals surface area contributed by atoms with Crippen molar-refractivity contribution in [2.24, 2.45) is 11.7 Å². The molecule has 22 heavy (non-hydrogen) atoms. The van der Waals surface area contributed by atoms with Gasteiger partial charge in [-0.05, 0) is 36.8 Å². The van der Waals surface area contributed by atoms with E-state index >= 15 is 0 Å². The van der Waals surface area contributed by atoms with E-state index in [-0.39, 0.29) is 17.0 Å². The first-order chi connectivity index (χ1) is 10.3. The summed E-state index contributed by atoms with van der Waals surface area (Å²) in [5.41, 5.74) is 5.73. The second-order valence-corrected chi connectivity index (χ2v) is 6.42. The average molecular weight is 301 g/mol. The van der Waals surface area contributed by atoms with Crippen LogP contribution in [0.5, 0.6) is 0 Å². The maximum Gasteiger partial charge on any atom is 0.261 e. The molecule has 1 atom stereocenters. The number of carbonyl (C=O) groups excluding carboxylic acids is 1. The van der Waals surface area contributed by atoms with Crippen LogP contribution in [0.2, 0.25) is 0 Å². The molecule has 0 aliphatic heterocycles. The van der Waals surface area contributed by atoms with Gasteiger partial charge in [0, 0.05) is 17.6 Å². The minimum atomic E-state index is -0.524. The van der Waals surface area contributed by atoms with E-state index in [9.17, 15) is 9.59 Å². The topological polar surface area (TPSA) is 88.0 Å². The molecule has 0 saturated carbocycles. The van der Waals surface area contributed by atoms with E-state index in [1.54, 1.807) is 12.1 Å². The number of aromatic nitrogens is 1. The molecule has 1 unspecified atom stereocenters. The van der Waals surface area contributed by atoms with Crippen molar-refractivity contribution in [2.75, 3.05) is 6.54 Å². The fourth-order valence-corrected chi connectivity index (χ4v) is 2.74. The third-order valence-electron chi connectivity index (χ3n) is 3.72. The van der Waals surface area contributed by atoms with E-state index in [4.69, 9.17) is 5.73 Å². The summed E-state index contributed by atoms with van der Waals surface area (Å²) in [6.45, 7) is 6.37. The van der Waals surface area contributed by atoms with Crippen molar-refractivity contribution in [1.82, 2.24) is 10.3 Å². The van der Waals surface area contributed by atoms with Crippen LogP contribution >= 0.6 is 0 Å². The summed E-state index contributed by atoms with van der Waals surface area (Å²) in [4.78, 5) is 27.3. The molecule has 0 bridgehead atoms. The molecule has 1 aromatic heterocycles. The highest BCUT2D eigenvalue weighted by molar-refractivity contribution is 5.97. The van der Waals surface area contributed by atoms with Gasteiger partial charge in [-0.3, -0.25) is 9.59 Å². The highest BCUT2D eigenvalue weighted by Gasteiger charge is 2.27. The van der Waals surface area contributed by atoms with Crippen LogP contribution in [-0.2, 0) is 0 Å². The van der Waals surface area contributed by atoms with Crippen molar-refractivity contribution in [3.63, 3.8) is 0 Å². The third kappa shape index (κ3) is 3.54. The lowest BCUT2D eigenvalue weighted by molar-refractivity contribution is 0.0897. The Kier molecular flexibility index (Phi) is 4.66. The number of nitrogens with two attached hydrogens (primary N) is 1. The van der Waals surface area contributed by atoms with Gasteiger partial charge in [0.05, 0.1) is 0 Å². The summed E-state index contributed by atoms with van der Waals surface area (Å²) >= 11 is 0. The molecule has 1 amide bonds. The van der Waals surface area contributed by atoms with Crippen LogP contribution in [0.1, 0.15) is 37.6 Å². The van der Waals surface area contributed by atoms with Gasteiger partial charge in [0.15, 0.2) is 0 Å². The van der Waals surface area contributed by atoms with Crippen molar-refractivity contribution >= 4 is 16.8 Å². The van der Waals surface area contributed by atoms with Crippen molar-refractivity contribution in [1.29, 1.82) is 0 Å². The maximum atomic E-state index is 12.5. The number of nitrogens with one attached hydrogen (secondary N) is 2. The number of rotatable bonds is 5. The molecule has 0 aliphatic carbocycles. The Morgan fingerprint density at radius 2 is 2.05 bits per heavy atom. The normalized spacial score (nSPS) is 14.0. The number of hydrogen-bond acceptors (Lipinski definition) is 3. The third-order valence-corrected chi connectivity index (χ3v) is 3.72. The van der Waals surface area contributed by atoms with Gasteiger partial charge in [0.2, 0.25) is 0 Å². The number of H-pyrrole nitrogens is 1. The second-order valence-electron chi connectivity index (χ2n) is 6.42. The molecule has 2 aromatic rings. The lowest BCUT2D eigenvalue weighted by Gasteiger charge is -2.31. The zero-order valence-corrected chi connectivity index (χ0v) is 13.3. The molecule has 5 nitrogen and oxygen atoms in total. The highest BCUT2D eigenvalue weighted by Crippen LogP contribution is 2.16. The number of pyridine rings is 1. The van der Waals surface area contributed by atoms with E-state index < -0.39 is 5.54 Å². The minimum absolute atomic E-state index is 0.113. The van der Waals surface area contributed by atoms with Crippen LogP contribution in [0, 0.1) is 5.92 Å². The maximum absolute atomic E-state index is 12.5. The van der Waals surface area contributed by atoms with Gasteiger partial charge in [-0.25, -0.2) is 0 Å². The van der Waals surface area contributed by atoms with Crippen molar-refractivity contribution in [3.8, 4) is 0 Å². The van der Waals surface area contributed by atoms with E-state index in [1.807, 2.05) is 25.1 Å². The standard InChI is InChI=1S/C17H23N3O2/c1-11(2)9-17(3,10-18)20-16(22)13-8-12-6-4-5-7-14(12)19-15(13)21/h4-8,11H,9-10,18H2,1-3H3,(H,19,21)(H,20,22). The van der Waals surface area contributed by atoms with Crippen LogP contribution < -0.4 is 16.6 Å². The Morgan fingerprint density at radius 3 is 2.68 bits per heavy atom. The van der Waals surface area contributed by atoms with Gasteiger partial charge in [0.25, 0.3) is 11.5 Å². The molecule has 1 aromatic carbocycles. The zero-order chi connectivity index (χ0) is 16.3. The van der Waals surface area contributed by atoms with Crippen LogP contribution in [0.25, 0.3) is 10.9 Å². The van der Waals surface area contributed by atoms with E-state index in [1.165, 1.54) is 0 Å². The Morgan fingerprint density at radius 1 is 1.36 bits per heavy atom. The lowest BCUT2D eigenvalue weighted by Crippen LogP contribution is -2.52. The number of carbonyl (C=O) groups is 1. The predicted molar refractivity (Wildman–Crippen MR) is 88.9 cm³/mol. The zero-order valence-electron chi connectivity index (χ0n) is 13.3. The Hall–Kier alpha value is -2.14. The van der Waals surface area contributed by atoms with Crippen molar-refractivity contribution < 1.29 is 4.79 Å². The smallest absolute Gasteiger partial charge is 0.261 e. The number of fused-ring (bicyclic) bond motifs is 1. The fraction of sp³-hybridized carbons (Fsp3) is 0.412. The van der Waals surface area contributed by atoms with Gasteiger partial charge in [-0.2, -0.15) is 0 Å². The number of amides is 1. The monoisotopic (exact) mass is 301 g/mol. The minimum Gasteiger partial charge on any atom is -0.345 e. The summed E-state index contributed by atoms with van der Waals surface area (Å²) in [6, 6.07) is 8.99. The van der Waals surface area contributed by atoms with Crippen molar-refractivity contribution in [2.45, 2.75) is 32.7 Å². The number of benzene rings is 1. The van der Waals surface area contributed by atoms with Gasteiger partial charge in [-0.1, -0.05) is 32.0 Å². The first-order valence-corrected chi connectivity index (χ1v) is 7.49. The largest absolute Gasteiger partial charge is 0.345 e. The van der Waals surface area contributed by atoms with E-state index in [0.717, 1.165) is 11.8 Å². The van der Waals surface area contributed by atoms with Crippen LogP contribution in [-0.4, -0.2) is 23.0 Å². The molecule has 0 radical (unpaired) electrons. The molecule has 118 valence electrons. The summed E-state index contributed by atoms with van der Waals surface area (Å²) < 4.78 is 0. The number of para-hydroxylation sites is 1. The first-order valence-electron chi connectivity index (χ1n) is 7.49. The van der Waals surface area contributed by atoms with Gasteiger partial charge in [-0.15, -0.1) is 0 Å². The predicted octanol–water partition coefficient (Wildman–Crippen LogP) is 2.02. The molecule has 4 N–H and O–H groups in total. The Labute approximate surface area is 129 Å². The molecule has 2 rings (SSSR count). The Bertz CT molecular complexity index is 736. The van der Waals surface area contributed by atoms with Crippen LogP contribution in [0.3, 0.4) is 0 Å². The van der Waals surface area contributed by atoms with Gasteiger partial charge < -0.3 is 16.0 Å². The molecular formula is C17H23N3O2. The first kappa shape index (κ1) is 16.2. The quantitative estimate of drug-likeness (QED) is 0.789. The number of hydrogen-bond donors (Lipinski definition) is 3. The number of aromatic amines is 1. The van der Waals surface area contributed by atoms with Crippen molar-refractivity contribution in [3.05, 3.63) is 46.2 Å². The summed E-state index contributed by atoms with van der Waals surface area (Å²) in [7, 11) is 0. The summed E-state index contributed by atoms with van der Waals surface area (Å²) in [5.74, 6) is 0.00402. The van der Waals surface area contributed by atoms with Gasteiger partial charge in [0.1, 0.15) is 5.56 Å². The fourth-order valence-electron chi connectivity index (χ4n) is 2.74. The molecule has 0 fully saturated rings. The second kappa shape index (κ2) is 6.32. The summed E-state index contributed by atoms with van der Waals surface area (Å²) in [6.07, 6.45) is 0.751. The molecule has 0 spiro atoms. The SMILES string of the molecule is CC(C)CC(C)(CN)NC(=O)c1cc2ccccc2[nH]c1=O. The van der Waals surface area contributed by atoms with E-state index in [2.05, 4.69) is 24.1 Å². The molecule has 5 heteroatoms. The summed E-state index contributed by atoms with van der Waals surface area (Å²) in [5, 5.41) is 3.74. The van der Waals surface area contributed by atoms with Crippen LogP contribution in [0.4, 0.5) is 0 Å². The molecular weight excluding hydrogens is 278 g/mol. The molecule has 1 heterocycles. The molecule has 0 saturated heterocycles. The van der Waals surface area contributed by atoms with Crippen LogP contribution in [0.15, 0.2) is 35.1 Å². The van der Waals surface area contributed by atoms with E-state index in [0.29, 0.717) is 18.0 Å². The lowest BCUT2D eigenvalue weighted by atomic mass is 9.90. The Balaban J connectivity index is 2.33.